The molecule has 1 aromatic rings. The van der Waals surface area contributed by atoms with Crippen LogP contribution in [0.15, 0.2) is 6.07 Å². The molecule has 0 unspecified atom stereocenters. The molecule has 3 heteroatoms. The van der Waals surface area contributed by atoms with Crippen LogP contribution >= 0.6 is 11.3 Å². The predicted octanol–water partition coefficient (Wildman–Crippen LogP) is 2.99. The van der Waals surface area contributed by atoms with Gasteiger partial charge < -0.3 is 4.74 Å². The molecule has 0 aromatic carbocycles. The lowest BCUT2D eigenvalue weighted by Crippen LogP contribution is -2.01. The second-order valence-corrected chi connectivity index (χ2v) is 4.67. The number of aryl methyl sites for hydroxylation is 2. The summed E-state index contributed by atoms with van der Waals surface area (Å²) in [6, 6.07) is 2.14. The molecule has 1 aromatic heterocycles. The molecule has 0 saturated heterocycles. The summed E-state index contributed by atoms with van der Waals surface area (Å²) in [6.07, 6.45) is 4.98. The molecule has 2 rings (SSSR count). The highest BCUT2D eigenvalue weighted by Gasteiger charge is 2.15. The maximum absolute atomic E-state index is 7.70. The summed E-state index contributed by atoms with van der Waals surface area (Å²) in [6.45, 7) is 2.50. The Morgan fingerprint density at radius 2 is 2.29 bits per heavy atom. The number of nitrogens with one attached hydrogen (secondary N) is 1. The highest BCUT2D eigenvalue weighted by atomic mass is 32.1. The van der Waals surface area contributed by atoms with Crippen LogP contribution in [-0.2, 0) is 17.6 Å². The van der Waals surface area contributed by atoms with Crippen LogP contribution in [0.4, 0.5) is 0 Å². The van der Waals surface area contributed by atoms with E-state index >= 15 is 0 Å². The molecule has 0 fully saturated rings. The fourth-order valence-corrected chi connectivity index (χ4v) is 2.97. The zero-order valence-electron chi connectivity index (χ0n) is 8.43. The highest BCUT2D eigenvalue weighted by Crippen LogP contribution is 2.29. The van der Waals surface area contributed by atoms with Crippen molar-refractivity contribution in [2.75, 3.05) is 6.61 Å². The molecule has 1 N–H and O–H groups in total. The molecular formula is C11H15NOS. The van der Waals surface area contributed by atoms with Crippen molar-refractivity contribution in [1.29, 1.82) is 5.41 Å². The van der Waals surface area contributed by atoms with Crippen molar-refractivity contribution in [1.82, 2.24) is 0 Å². The average molecular weight is 209 g/mol. The molecule has 2 nitrogen and oxygen atoms in total. The van der Waals surface area contributed by atoms with E-state index in [1.54, 1.807) is 11.3 Å². The van der Waals surface area contributed by atoms with E-state index in [1.165, 1.54) is 36.1 Å². The number of hydrogen-bond donors (Lipinski definition) is 1. The summed E-state index contributed by atoms with van der Waals surface area (Å²) in [5.41, 5.74) is 1.45. The van der Waals surface area contributed by atoms with Gasteiger partial charge in [0.25, 0.3) is 0 Å². The number of hydrogen-bond acceptors (Lipinski definition) is 3. The maximum atomic E-state index is 7.70. The van der Waals surface area contributed by atoms with Crippen LogP contribution in [0.1, 0.15) is 35.1 Å². The van der Waals surface area contributed by atoms with Gasteiger partial charge in [-0.2, -0.15) is 0 Å². The summed E-state index contributed by atoms with van der Waals surface area (Å²) in [5.74, 6) is 0.340. The third-order valence-electron chi connectivity index (χ3n) is 2.51. The summed E-state index contributed by atoms with van der Waals surface area (Å²) in [4.78, 5) is 2.47. The van der Waals surface area contributed by atoms with Crippen LogP contribution in [0.25, 0.3) is 0 Å². The molecule has 1 heterocycles. The van der Waals surface area contributed by atoms with Gasteiger partial charge in [-0.1, -0.05) is 0 Å². The number of rotatable bonds is 2. The van der Waals surface area contributed by atoms with Gasteiger partial charge in [-0.25, -0.2) is 0 Å². The molecule has 1 aliphatic carbocycles. The van der Waals surface area contributed by atoms with Crippen molar-refractivity contribution >= 4 is 17.2 Å². The van der Waals surface area contributed by atoms with Gasteiger partial charge in [0, 0.05) is 4.88 Å². The third kappa shape index (κ3) is 1.82. The summed E-state index contributed by atoms with van der Waals surface area (Å²) in [5, 5.41) is 7.70. The molecule has 0 bridgehead atoms. The Hall–Kier alpha value is -0.830. The Bertz CT molecular complexity index is 320. The van der Waals surface area contributed by atoms with Crippen LogP contribution in [0.2, 0.25) is 0 Å². The summed E-state index contributed by atoms with van der Waals surface area (Å²) < 4.78 is 5.20. The summed E-state index contributed by atoms with van der Waals surface area (Å²) >= 11 is 1.73. The first-order valence-corrected chi connectivity index (χ1v) is 5.96. The maximum Gasteiger partial charge on any atom is 0.223 e. The van der Waals surface area contributed by atoms with E-state index in [0.717, 1.165) is 4.88 Å². The van der Waals surface area contributed by atoms with E-state index in [1.807, 2.05) is 6.92 Å². The monoisotopic (exact) mass is 209 g/mol. The first-order chi connectivity index (χ1) is 6.81. The smallest absolute Gasteiger partial charge is 0.223 e. The largest absolute Gasteiger partial charge is 0.477 e. The first-order valence-electron chi connectivity index (χ1n) is 5.14. The van der Waals surface area contributed by atoms with Gasteiger partial charge in [0.2, 0.25) is 5.90 Å². The molecule has 0 spiro atoms. The lowest BCUT2D eigenvalue weighted by Gasteiger charge is -2.08. The first kappa shape index (κ1) is 9.71. The minimum Gasteiger partial charge on any atom is -0.477 e. The minimum atomic E-state index is 0.340. The van der Waals surface area contributed by atoms with Crippen molar-refractivity contribution in [3.05, 3.63) is 21.4 Å². The van der Waals surface area contributed by atoms with Crippen molar-refractivity contribution in [2.24, 2.45) is 0 Å². The highest BCUT2D eigenvalue weighted by molar-refractivity contribution is 7.14. The Morgan fingerprint density at radius 3 is 3.00 bits per heavy atom. The topological polar surface area (TPSA) is 33.1 Å². The average Bonchev–Trinajstić information content (AvgIpc) is 2.61. The van der Waals surface area contributed by atoms with Gasteiger partial charge in [0.15, 0.2) is 0 Å². The second-order valence-electron chi connectivity index (χ2n) is 3.53. The Morgan fingerprint density at radius 1 is 1.50 bits per heavy atom. The van der Waals surface area contributed by atoms with Crippen LogP contribution in [0.5, 0.6) is 0 Å². The number of ether oxygens (including phenoxy) is 1. The Kier molecular flexibility index (Phi) is 2.87. The van der Waals surface area contributed by atoms with Crippen molar-refractivity contribution in [2.45, 2.75) is 32.6 Å². The van der Waals surface area contributed by atoms with Crippen molar-refractivity contribution in [3.63, 3.8) is 0 Å². The molecule has 0 amide bonds. The molecule has 0 atom stereocenters. The van der Waals surface area contributed by atoms with Crippen LogP contribution < -0.4 is 0 Å². The van der Waals surface area contributed by atoms with Crippen LogP contribution in [-0.4, -0.2) is 12.5 Å². The zero-order chi connectivity index (χ0) is 9.97. The lowest BCUT2D eigenvalue weighted by atomic mass is 9.99. The Balaban J connectivity index is 2.19. The van der Waals surface area contributed by atoms with E-state index in [2.05, 4.69) is 6.07 Å². The van der Waals surface area contributed by atoms with E-state index in [-0.39, 0.29) is 0 Å². The van der Waals surface area contributed by atoms with Gasteiger partial charge >= 0.3 is 0 Å². The fourth-order valence-electron chi connectivity index (χ4n) is 1.82. The van der Waals surface area contributed by atoms with Gasteiger partial charge in [-0.3, -0.25) is 5.41 Å². The standard InChI is InChI=1S/C11H15NOS/c1-2-13-11(12)10-7-8-5-3-4-6-9(8)14-10/h7,12H,2-6H2,1H3. The molecule has 0 radical (unpaired) electrons. The van der Waals surface area contributed by atoms with E-state index in [0.29, 0.717) is 12.5 Å². The SMILES string of the molecule is CCOC(=N)c1cc2c(s1)CCCC2. The van der Waals surface area contributed by atoms with E-state index in [4.69, 9.17) is 10.1 Å². The predicted molar refractivity (Wildman–Crippen MR) is 59.4 cm³/mol. The normalized spacial score (nSPS) is 14.9. The van der Waals surface area contributed by atoms with E-state index < -0.39 is 0 Å². The van der Waals surface area contributed by atoms with Crippen LogP contribution in [0, 0.1) is 5.41 Å². The van der Waals surface area contributed by atoms with Gasteiger partial charge in [-0.05, 0) is 44.2 Å². The van der Waals surface area contributed by atoms with Crippen molar-refractivity contribution < 1.29 is 4.74 Å². The van der Waals surface area contributed by atoms with Crippen molar-refractivity contribution in [3.8, 4) is 0 Å². The van der Waals surface area contributed by atoms with Gasteiger partial charge in [-0.15, -0.1) is 11.3 Å². The zero-order valence-corrected chi connectivity index (χ0v) is 9.25. The third-order valence-corrected chi connectivity index (χ3v) is 3.74. The molecule has 14 heavy (non-hydrogen) atoms. The molecule has 0 aliphatic heterocycles. The van der Waals surface area contributed by atoms with Crippen LogP contribution in [0.3, 0.4) is 0 Å². The van der Waals surface area contributed by atoms with Gasteiger partial charge in [0.1, 0.15) is 0 Å². The van der Waals surface area contributed by atoms with Gasteiger partial charge in [0.05, 0.1) is 11.5 Å². The minimum absolute atomic E-state index is 0.340. The lowest BCUT2D eigenvalue weighted by molar-refractivity contribution is 0.326. The molecule has 76 valence electrons. The molecule has 1 aliphatic rings. The molecular weight excluding hydrogens is 194 g/mol. The quantitative estimate of drug-likeness (QED) is 0.589. The fraction of sp³-hybridized carbons (Fsp3) is 0.545. The summed E-state index contributed by atoms with van der Waals surface area (Å²) in [7, 11) is 0. The van der Waals surface area contributed by atoms with E-state index in [9.17, 15) is 0 Å². The Labute approximate surface area is 88.4 Å². The number of thiophene rings is 1. The number of fused-ring (bicyclic) bond motifs is 1. The molecule has 0 saturated carbocycles. The second kappa shape index (κ2) is 4.13.